The molecule has 3 aromatic rings. The molecule has 0 aliphatic rings. The molecule has 29 heavy (non-hydrogen) atoms. The molecular weight excluding hydrogens is 405 g/mol. The number of benzene rings is 3. The topological polar surface area (TPSA) is 52.3 Å². The van der Waals surface area contributed by atoms with Crippen LogP contribution in [0.3, 0.4) is 0 Å². The van der Waals surface area contributed by atoms with E-state index in [9.17, 15) is 4.79 Å². The van der Waals surface area contributed by atoms with E-state index < -0.39 is 16.9 Å². The van der Waals surface area contributed by atoms with E-state index in [-0.39, 0.29) is 16.7 Å². The van der Waals surface area contributed by atoms with Gasteiger partial charge in [0.25, 0.3) is 0 Å². The molecule has 3 nitrogen and oxygen atoms in total. The van der Waals surface area contributed by atoms with Crippen molar-refractivity contribution in [3.05, 3.63) is 101 Å². The Balaban J connectivity index is 2.12. The number of hydrogen-bond donors (Lipinski definition) is 1. The molecule has 150 valence electrons. The first-order valence-corrected chi connectivity index (χ1v) is 10.2. The van der Waals surface area contributed by atoms with Crippen LogP contribution in [0.15, 0.2) is 78.9 Å². The van der Waals surface area contributed by atoms with Gasteiger partial charge in [-0.2, -0.15) is 0 Å². The Bertz CT molecular complexity index is 935. The maximum Gasteiger partial charge on any atom is 0.328 e. The summed E-state index contributed by atoms with van der Waals surface area (Å²) in [7, 11) is 0. The molecule has 0 saturated heterocycles. The van der Waals surface area contributed by atoms with Gasteiger partial charge < -0.3 is 10.5 Å². The fraction of sp³-hybridized carbons (Fsp3) is 0.208. The average molecular weight is 428 g/mol. The molecule has 0 saturated carbocycles. The molecule has 0 heterocycles. The maximum atomic E-state index is 12.4. The second kappa shape index (κ2) is 9.00. The first-order chi connectivity index (χ1) is 13.9. The molecule has 1 atom stereocenters. The van der Waals surface area contributed by atoms with E-state index in [1.807, 2.05) is 80.6 Å². The van der Waals surface area contributed by atoms with E-state index in [0.29, 0.717) is 5.56 Å². The second-order valence-electron chi connectivity index (χ2n) is 7.20. The van der Waals surface area contributed by atoms with Crippen molar-refractivity contribution in [3.63, 3.8) is 0 Å². The lowest BCUT2D eigenvalue weighted by atomic mass is 9.84. The SMILES string of the molecule is CC(C)C(N)C(=O)Oc1cccc(C(Cl)(c2ccccc2)c2ccccc2)c1Cl. The Morgan fingerprint density at radius 3 is 1.90 bits per heavy atom. The Morgan fingerprint density at radius 1 is 0.897 bits per heavy atom. The van der Waals surface area contributed by atoms with Gasteiger partial charge in [-0.1, -0.05) is 98.2 Å². The van der Waals surface area contributed by atoms with E-state index in [2.05, 4.69) is 0 Å². The van der Waals surface area contributed by atoms with Crippen LogP contribution in [0.2, 0.25) is 5.02 Å². The van der Waals surface area contributed by atoms with Crippen LogP contribution >= 0.6 is 23.2 Å². The number of nitrogens with two attached hydrogens (primary N) is 1. The summed E-state index contributed by atoms with van der Waals surface area (Å²) in [6.45, 7) is 3.72. The first kappa shape index (κ1) is 21.4. The summed E-state index contributed by atoms with van der Waals surface area (Å²) in [6, 6.07) is 23.9. The van der Waals surface area contributed by atoms with Crippen molar-refractivity contribution in [2.45, 2.75) is 24.8 Å². The fourth-order valence-electron chi connectivity index (χ4n) is 3.12. The molecule has 0 spiro atoms. The zero-order valence-corrected chi connectivity index (χ0v) is 17.8. The molecule has 0 aliphatic carbocycles. The number of alkyl halides is 1. The minimum absolute atomic E-state index is 0.0507. The molecule has 1 unspecified atom stereocenters. The molecule has 2 N–H and O–H groups in total. The summed E-state index contributed by atoms with van der Waals surface area (Å²) in [6.07, 6.45) is 0. The van der Waals surface area contributed by atoms with Crippen molar-refractivity contribution in [2.75, 3.05) is 0 Å². The van der Waals surface area contributed by atoms with E-state index >= 15 is 0 Å². The molecule has 3 aromatic carbocycles. The number of ether oxygens (including phenoxy) is 1. The third-order valence-electron chi connectivity index (χ3n) is 4.88. The Kier molecular flexibility index (Phi) is 6.63. The minimum atomic E-state index is -1.05. The quantitative estimate of drug-likeness (QED) is 0.235. The molecule has 3 rings (SSSR count). The first-order valence-electron chi connectivity index (χ1n) is 9.42. The zero-order valence-electron chi connectivity index (χ0n) is 16.3. The second-order valence-corrected chi connectivity index (χ2v) is 8.14. The monoisotopic (exact) mass is 427 g/mol. The smallest absolute Gasteiger partial charge is 0.328 e. The number of rotatable bonds is 6. The molecule has 0 radical (unpaired) electrons. The summed E-state index contributed by atoms with van der Waals surface area (Å²) in [5.41, 5.74) is 8.26. The summed E-state index contributed by atoms with van der Waals surface area (Å²) < 4.78 is 5.52. The minimum Gasteiger partial charge on any atom is -0.424 e. The van der Waals surface area contributed by atoms with Gasteiger partial charge in [0.2, 0.25) is 0 Å². The predicted octanol–water partition coefficient (Wildman–Crippen LogP) is 5.76. The van der Waals surface area contributed by atoms with Crippen LogP contribution in [0.1, 0.15) is 30.5 Å². The third kappa shape index (κ3) is 4.32. The standard InChI is InChI=1S/C24H23Cl2NO2/c1-16(2)22(27)23(28)29-20-15-9-14-19(21(20)25)24(26,17-10-5-3-6-11-17)18-12-7-4-8-13-18/h3-16,22H,27H2,1-2H3. The Hall–Kier alpha value is -2.33. The molecule has 5 heteroatoms. The number of halogens is 2. The van der Waals surface area contributed by atoms with E-state index in [1.54, 1.807) is 12.1 Å². The third-order valence-corrected chi connectivity index (χ3v) is 5.91. The molecular formula is C24H23Cl2NO2. The molecule has 0 amide bonds. The molecule has 0 fully saturated rings. The normalized spacial score (nSPS) is 12.6. The van der Waals surface area contributed by atoms with Crippen LogP contribution in [0.4, 0.5) is 0 Å². The molecule has 0 aliphatic heterocycles. The summed E-state index contributed by atoms with van der Waals surface area (Å²) in [5.74, 6) is -0.342. The van der Waals surface area contributed by atoms with E-state index in [0.717, 1.165) is 11.1 Å². The van der Waals surface area contributed by atoms with Gasteiger partial charge in [0.1, 0.15) is 16.7 Å². The van der Waals surface area contributed by atoms with E-state index in [1.165, 1.54) is 0 Å². The molecule has 0 aromatic heterocycles. The van der Waals surface area contributed by atoms with Crippen molar-refractivity contribution in [1.29, 1.82) is 0 Å². The van der Waals surface area contributed by atoms with Crippen LogP contribution in [0.5, 0.6) is 5.75 Å². The lowest BCUT2D eigenvalue weighted by Gasteiger charge is -2.30. The zero-order chi connectivity index (χ0) is 21.0. The van der Waals surface area contributed by atoms with Gasteiger partial charge >= 0.3 is 5.97 Å². The van der Waals surface area contributed by atoms with Crippen molar-refractivity contribution < 1.29 is 9.53 Å². The van der Waals surface area contributed by atoms with Crippen molar-refractivity contribution >= 4 is 29.2 Å². The van der Waals surface area contributed by atoms with Gasteiger partial charge in [0.15, 0.2) is 0 Å². The fourth-order valence-corrected chi connectivity index (χ4v) is 3.88. The van der Waals surface area contributed by atoms with Crippen molar-refractivity contribution in [2.24, 2.45) is 11.7 Å². The van der Waals surface area contributed by atoms with Gasteiger partial charge in [-0.25, -0.2) is 4.79 Å². The van der Waals surface area contributed by atoms with Crippen LogP contribution in [0.25, 0.3) is 0 Å². The van der Waals surface area contributed by atoms with Gasteiger partial charge in [-0.05, 0) is 23.1 Å². The average Bonchev–Trinajstić information content (AvgIpc) is 2.75. The van der Waals surface area contributed by atoms with Crippen molar-refractivity contribution in [3.8, 4) is 5.75 Å². The molecule has 0 bridgehead atoms. The summed E-state index contributed by atoms with van der Waals surface area (Å²) in [5, 5.41) is 0.277. The van der Waals surface area contributed by atoms with Crippen LogP contribution < -0.4 is 10.5 Å². The largest absolute Gasteiger partial charge is 0.424 e. The van der Waals surface area contributed by atoms with Crippen LogP contribution in [-0.2, 0) is 9.67 Å². The Labute approximate surface area is 181 Å². The highest BCUT2D eigenvalue weighted by Gasteiger charge is 2.37. The highest BCUT2D eigenvalue weighted by atomic mass is 35.5. The number of carbonyl (C=O) groups excluding carboxylic acids is 1. The van der Waals surface area contributed by atoms with Gasteiger partial charge in [0, 0.05) is 5.56 Å². The number of hydrogen-bond acceptors (Lipinski definition) is 3. The summed E-state index contributed by atoms with van der Waals surface area (Å²) >= 11 is 14.0. The van der Waals surface area contributed by atoms with Gasteiger partial charge in [0.05, 0.1) is 5.02 Å². The highest BCUT2D eigenvalue weighted by molar-refractivity contribution is 6.36. The Morgan fingerprint density at radius 2 is 1.41 bits per heavy atom. The number of esters is 1. The lowest BCUT2D eigenvalue weighted by Crippen LogP contribution is -2.38. The van der Waals surface area contributed by atoms with Crippen LogP contribution in [-0.4, -0.2) is 12.0 Å². The summed E-state index contributed by atoms with van der Waals surface area (Å²) in [4.78, 5) is 11.3. The highest BCUT2D eigenvalue weighted by Crippen LogP contribution is 2.47. The van der Waals surface area contributed by atoms with Crippen LogP contribution in [0, 0.1) is 5.92 Å². The number of carbonyl (C=O) groups is 1. The maximum absolute atomic E-state index is 12.4. The van der Waals surface area contributed by atoms with Gasteiger partial charge in [-0.3, -0.25) is 0 Å². The predicted molar refractivity (Wildman–Crippen MR) is 119 cm³/mol. The lowest BCUT2D eigenvalue weighted by molar-refractivity contribution is -0.136. The van der Waals surface area contributed by atoms with E-state index in [4.69, 9.17) is 33.7 Å². The van der Waals surface area contributed by atoms with Crippen molar-refractivity contribution in [1.82, 2.24) is 0 Å². The van der Waals surface area contributed by atoms with Gasteiger partial charge in [-0.15, -0.1) is 11.6 Å².